The number of benzene rings is 2. The maximum absolute atomic E-state index is 14.1. The summed E-state index contributed by atoms with van der Waals surface area (Å²) in [6, 6.07) is 9.20. The van der Waals surface area contributed by atoms with E-state index in [1.165, 1.54) is 12.1 Å². The topological polar surface area (TPSA) is 81.7 Å². The molecule has 38 heavy (non-hydrogen) atoms. The van der Waals surface area contributed by atoms with Crippen LogP contribution in [0.1, 0.15) is 83.9 Å². The number of nitrogens with one attached hydrogen (secondary N) is 2. The van der Waals surface area contributed by atoms with Gasteiger partial charge >= 0.3 is 0 Å². The van der Waals surface area contributed by atoms with Gasteiger partial charge in [0.15, 0.2) is 0 Å². The number of carbonyl (C=O) groups is 2. The molecule has 6 nitrogen and oxygen atoms in total. The summed E-state index contributed by atoms with van der Waals surface area (Å²) in [6.45, 7) is 12.1. The quantitative estimate of drug-likeness (QED) is 0.394. The van der Waals surface area contributed by atoms with Gasteiger partial charge in [-0.2, -0.15) is 0 Å². The van der Waals surface area contributed by atoms with Crippen LogP contribution in [0.25, 0.3) is 0 Å². The highest BCUT2D eigenvalue weighted by Crippen LogP contribution is 2.21. The minimum Gasteiger partial charge on any atom is -0.389 e. The third kappa shape index (κ3) is 8.11. The van der Waals surface area contributed by atoms with E-state index in [9.17, 15) is 19.1 Å². The lowest BCUT2D eigenvalue weighted by atomic mass is 9.88. The Kier molecular flexibility index (Phi) is 10.9. The van der Waals surface area contributed by atoms with Gasteiger partial charge in [0, 0.05) is 30.3 Å². The van der Waals surface area contributed by atoms with E-state index in [0.717, 1.165) is 43.4 Å². The van der Waals surface area contributed by atoms with E-state index < -0.39 is 12.1 Å². The normalized spacial score (nSPS) is 19.0. The summed E-state index contributed by atoms with van der Waals surface area (Å²) >= 11 is 0. The lowest BCUT2D eigenvalue weighted by Gasteiger charge is -2.35. The molecule has 2 aromatic rings. The molecule has 4 atom stereocenters. The molecule has 2 aromatic carbocycles. The smallest absolute Gasteiger partial charge is 0.253 e. The molecule has 7 heteroatoms. The fraction of sp³-hybridized carbons (Fsp3) is 0.548. The highest BCUT2D eigenvalue weighted by atomic mass is 19.1. The number of nitrogens with zero attached hydrogens (tertiary/aromatic N) is 1. The predicted octanol–water partition coefficient (Wildman–Crippen LogP) is 4.79. The minimum absolute atomic E-state index is 0.0844. The molecule has 0 aromatic heterocycles. The first-order valence-corrected chi connectivity index (χ1v) is 14.0. The van der Waals surface area contributed by atoms with Crippen LogP contribution in [0.15, 0.2) is 36.4 Å². The number of amides is 2. The highest BCUT2D eigenvalue weighted by Gasteiger charge is 2.32. The molecule has 0 radical (unpaired) electrons. The third-order valence-corrected chi connectivity index (χ3v) is 7.26. The molecule has 2 amide bonds. The largest absolute Gasteiger partial charge is 0.389 e. The number of aliphatic hydroxyl groups is 1. The molecule has 0 bridgehead atoms. The van der Waals surface area contributed by atoms with Gasteiger partial charge in [-0.1, -0.05) is 26.8 Å². The van der Waals surface area contributed by atoms with E-state index in [-0.39, 0.29) is 30.1 Å². The van der Waals surface area contributed by atoms with Crippen LogP contribution >= 0.6 is 0 Å². The van der Waals surface area contributed by atoms with Crippen LogP contribution in [0.5, 0.6) is 0 Å². The zero-order valence-corrected chi connectivity index (χ0v) is 23.5. The number of aryl methyl sites for hydroxylation is 2. The number of aliphatic hydroxyl groups excluding tert-OH is 1. The SMILES string of the molecule is CCCN(CCC)C(=O)c1cc(C)cc(C(=O)NC(Cc2cc(C)cc(F)c2)C(O)C2CCC(C)CN2)c1. The third-order valence-electron chi connectivity index (χ3n) is 7.26. The maximum Gasteiger partial charge on any atom is 0.253 e. The molecule has 1 saturated heterocycles. The Morgan fingerprint density at radius 1 is 1.03 bits per heavy atom. The van der Waals surface area contributed by atoms with Crippen molar-refractivity contribution in [2.45, 2.75) is 84.9 Å². The first-order chi connectivity index (χ1) is 18.1. The molecule has 1 heterocycles. The summed E-state index contributed by atoms with van der Waals surface area (Å²) in [4.78, 5) is 28.6. The maximum atomic E-state index is 14.1. The van der Waals surface area contributed by atoms with E-state index in [1.54, 1.807) is 12.1 Å². The molecular weight excluding hydrogens is 481 g/mol. The number of hydrogen-bond donors (Lipinski definition) is 3. The fourth-order valence-electron chi connectivity index (χ4n) is 5.36. The van der Waals surface area contributed by atoms with E-state index >= 15 is 0 Å². The van der Waals surface area contributed by atoms with E-state index in [1.807, 2.05) is 44.7 Å². The average molecular weight is 526 g/mol. The molecular formula is C31H44FN3O3. The van der Waals surface area contributed by atoms with Crippen LogP contribution < -0.4 is 10.6 Å². The minimum atomic E-state index is -0.856. The second-order valence-electron chi connectivity index (χ2n) is 11.0. The second-order valence-corrected chi connectivity index (χ2v) is 11.0. The highest BCUT2D eigenvalue weighted by molar-refractivity contribution is 6.00. The van der Waals surface area contributed by atoms with Crippen LogP contribution in [0.4, 0.5) is 4.39 Å². The lowest BCUT2D eigenvalue weighted by Crippen LogP contribution is -2.56. The van der Waals surface area contributed by atoms with E-state index in [2.05, 4.69) is 17.6 Å². The van der Waals surface area contributed by atoms with Crippen molar-refractivity contribution in [1.29, 1.82) is 0 Å². The molecule has 3 N–H and O–H groups in total. The van der Waals surface area contributed by atoms with Crippen molar-refractivity contribution in [3.05, 3.63) is 70.0 Å². The van der Waals surface area contributed by atoms with Crippen LogP contribution in [-0.4, -0.2) is 59.6 Å². The van der Waals surface area contributed by atoms with Crippen molar-refractivity contribution < 1.29 is 19.1 Å². The number of hydrogen-bond acceptors (Lipinski definition) is 4. The Balaban J connectivity index is 1.86. The summed E-state index contributed by atoms with van der Waals surface area (Å²) in [5.74, 6) is -0.254. The Labute approximate surface area is 227 Å². The molecule has 1 fully saturated rings. The number of carbonyl (C=O) groups excluding carboxylic acids is 2. The Morgan fingerprint density at radius 3 is 2.29 bits per heavy atom. The first-order valence-electron chi connectivity index (χ1n) is 14.0. The second kappa shape index (κ2) is 13.9. The van der Waals surface area contributed by atoms with Crippen molar-refractivity contribution >= 4 is 11.8 Å². The molecule has 1 aliphatic rings. The molecule has 208 valence electrons. The standard InChI is InChI=1S/C31H44FN3O3/c1-6-10-35(11-7-2)31(38)25-14-22(5)13-24(18-25)30(37)34-28(17-23-12-21(4)15-26(32)16-23)29(36)27-9-8-20(3)19-33-27/h12-16,18,20,27-29,33,36H,6-11,17,19H2,1-5H3,(H,34,37). The van der Waals surface area contributed by atoms with Gasteiger partial charge in [-0.05, 0) is 105 Å². The zero-order chi connectivity index (χ0) is 27.8. The van der Waals surface area contributed by atoms with Gasteiger partial charge in [-0.3, -0.25) is 9.59 Å². The van der Waals surface area contributed by atoms with Gasteiger partial charge in [0.2, 0.25) is 0 Å². The van der Waals surface area contributed by atoms with Crippen LogP contribution in [0.3, 0.4) is 0 Å². The van der Waals surface area contributed by atoms with Gasteiger partial charge in [-0.25, -0.2) is 4.39 Å². The molecule has 0 aliphatic carbocycles. The van der Waals surface area contributed by atoms with Gasteiger partial charge in [0.25, 0.3) is 11.8 Å². The summed E-state index contributed by atoms with van der Waals surface area (Å²) in [5.41, 5.74) is 3.17. The van der Waals surface area contributed by atoms with Gasteiger partial charge in [0.05, 0.1) is 12.1 Å². The number of piperidine rings is 1. The monoisotopic (exact) mass is 525 g/mol. The number of rotatable bonds is 11. The first kappa shape index (κ1) is 29.8. The van der Waals surface area contributed by atoms with Crippen molar-refractivity contribution in [3.8, 4) is 0 Å². The predicted molar refractivity (Wildman–Crippen MR) is 150 cm³/mol. The molecule has 0 saturated carbocycles. The van der Waals surface area contributed by atoms with Gasteiger partial charge < -0.3 is 20.6 Å². The zero-order valence-electron chi connectivity index (χ0n) is 23.5. The van der Waals surface area contributed by atoms with Crippen LogP contribution in [0, 0.1) is 25.6 Å². The molecule has 3 rings (SSSR count). The summed E-state index contributed by atoms with van der Waals surface area (Å²) in [6.07, 6.45) is 2.94. The van der Waals surface area contributed by atoms with E-state index in [4.69, 9.17) is 0 Å². The van der Waals surface area contributed by atoms with E-state index in [0.29, 0.717) is 35.7 Å². The summed E-state index contributed by atoms with van der Waals surface area (Å²) in [5, 5.41) is 17.8. The lowest BCUT2D eigenvalue weighted by molar-refractivity contribution is 0.0608. The summed E-state index contributed by atoms with van der Waals surface area (Å²) < 4.78 is 14.1. The molecule has 0 spiro atoms. The summed E-state index contributed by atoms with van der Waals surface area (Å²) in [7, 11) is 0. The van der Waals surface area contributed by atoms with Gasteiger partial charge in [-0.15, -0.1) is 0 Å². The Bertz CT molecular complexity index is 1070. The van der Waals surface area contributed by atoms with Crippen molar-refractivity contribution in [2.24, 2.45) is 5.92 Å². The van der Waals surface area contributed by atoms with Crippen molar-refractivity contribution in [1.82, 2.24) is 15.5 Å². The van der Waals surface area contributed by atoms with Crippen molar-refractivity contribution in [2.75, 3.05) is 19.6 Å². The number of halogens is 1. The van der Waals surface area contributed by atoms with Crippen molar-refractivity contribution in [3.63, 3.8) is 0 Å². The Morgan fingerprint density at radius 2 is 1.68 bits per heavy atom. The van der Waals surface area contributed by atoms with Crippen LogP contribution in [0.2, 0.25) is 0 Å². The molecule has 4 unspecified atom stereocenters. The molecule has 1 aliphatic heterocycles. The average Bonchev–Trinajstić information content (AvgIpc) is 2.86. The fourth-order valence-corrected chi connectivity index (χ4v) is 5.36. The van der Waals surface area contributed by atoms with Crippen LogP contribution in [-0.2, 0) is 6.42 Å². The Hall–Kier alpha value is -2.77. The van der Waals surface area contributed by atoms with Gasteiger partial charge in [0.1, 0.15) is 5.82 Å².